The second-order valence-corrected chi connectivity index (χ2v) is 4.40. The van der Waals surface area contributed by atoms with Gasteiger partial charge in [-0.05, 0) is 19.1 Å². The average molecular weight is 226 g/mol. The van der Waals surface area contributed by atoms with Crippen LogP contribution in [-0.4, -0.2) is 22.4 Å². The van der Waals surface area contributed by atoms with E-state index < -0.39 is 10.8 Å². The fraction of sp³-hybridized carbons (Fsp3) is 0.300. The van der Waals surface area contributed by atoms with Crippen molar-refractivity contribution in [2.45, 2.75) is 11.8 Å². The van der Waals surface area contributed by atoms with Crippen LogP contribution in [-0.2, 0) is 15.6 Å². The van der Waals surface area contributed by atoms with Gasteiger partial charge in [0.05, 0.1) is 15.7 Å². The molecule has 0 fully saturated rings. The standard InChI is InChI=1S/C10H14N2O2S/c1-2-12-10(13)7-15(14)9-6-4-3-5-8(9)11/h3-6H,2,7,11H2,1H3,(H,12,13). The minimum atomic E-state index is -1.36. The molecule has 15 heavy (non-hydrogen) atoms. The third-order valence-electron chi connectivity index (χ3n) is 1.80. The number of carbonyl (C=O) groups excluding carboxylic acids is 1. The van der Waals surface area contributed by atoms with Crippen molar-refractivity contribution >= 4 is 22.4 Å². The highest BCUT2D eigenvalue weighted by Crippen LogP contribution is 2.15. The second-order valence-electron chi connectivity index (χ2n) is 2.98. The molecular weight excluding hydrogens is 212 g/mol. The lowest BCUT2D eigenvalue weighted by atomic mass is 10.3. The molecule has 0 aromatic heterocycles. The number of hydrogen-bond donors (Lipinski definition) is 2. The van der Waals surface area contributed by atoms with Crippen LogP contribution in [0, 0.1) is 0 Å². The van der Waals surface area contributed by atoms with Gasteiger partial charge in [0.15, 0.2) is 0 Å². The molecule has 1 atom stereocenters. The number of para-hydroxylation sites is 1. The van der Waals surface area contributed by atoms with Gasteiger partial charge in [-0.25, -0.2) is 0 Å². The van der Waals surface area contributed by atoms with Gasteiger partial charge in [-0.1, -0.05) is 12.1 Å². The summed E-state index contributed by atoms with van der Waals surface area (Å²) in [6, 6.07) is 6.86. The van der Waals surface area contributed by atoms with Gasteiger partial charge in [0.25, 0.3) is 0 Å². The molecule has 4 nitrogen and oxygen atoms in total. The van der Waals surface area contributed by atoms with Crippen LogP contribution in [0.15, 0.2) is 29.2 Å². The maximum Gasteiger partial charge on any atom is 0.232 e. The summed E-state index contributed by atoms with van der Waals surface area (Å²) in [5.74, 6) is -0.263. The first-order valence-electron chi connectivity index (χ1n) is 4.64. The number of amides is 1. The lowest BCUT2D eigenvalue weighted by Gasteiger charge is -2.05. The molecule has 0 spiro atoms. The lowest BCUT2D eigenvalue weighted by Crippen LogP contribution is -2.28. The van der Waals surface area contributed by atoms with Crippen LogP contribution in [0.2, 0.25) is 0 Å². The number of anilines is 1. The predicted octanol–water partition coefficient (Wildman–Crippen LogP) is 0.512. The molecule has 0 aliphatic rings. The number of nitrogens with one attached hydrogen (secondary N) is 1. The highest BCUT2D eigenvalue weighted by molar-refractivity contribution is 7.86. The summed E-state index contributed by atoms with van der Waals surface area (Å²) in [6.07, 6.45) is 0. The van der Waals surface area contributed by atoms with Gasteiger partial charge in [0.1, 0.15) is 5.75 Å². The van der Waals surface area contributed by atoms with Gasteiger partial charge >= 0.3 is 0 Å². The Morgan fingerprint density at radius 1 is 1.47 bits per heavy atom. The summed E-state index contributed by atoms with van der Waals surface area (Å²) < 4.78 is 11.7. The SMILES string of the molecule is CCNC(=O)CS(=O)c1ccccc1N. The van der Waals surface area contributed by atoms with Crippen molar-refractivity contribution in [2.24, 2.45) is 0 Å². The van der Waals surface area contributed by atoms with Crippen LogP contribution in [0.4, 0.5) is 5.69 Å². The Morgan fingerprint density at radius 2 is 2.13 bits per heavy atom. The zero-order valence-corrected chi connectivity index (χ0v) is 9.34. The summed E-state index contributed by atoms with van der Waals surface area (Å²) in [5, 5.41) is 2.59. The van der Waals surface area contributed by atoms with E-state index in [4.69, 9.17) is 5.73 Å². The third kappa shape index (κ3) is 3.36. The number of benzene rings is 1. The van der Waals surface area contributed by atoms with E-state index in [-0.39, 0.29) is 11.7 Å². The van der Waals surface area contributed by atoms with Crippen molar-refractivity contribution < 1.29 is 9.00 Å². The van der Waals surface area contributed by atoms with E-state index in [0.717, 1.165) is 0 Å². The molecule has 0 aliphatic carbocycles. The van der Waals surface area contributed by atoms with Crippen LogP contribution >= 0.6 is 0 Å². The number of nitrogen functional groups attached to an aromatic ring is 1. The van der Waals surface area contributed by atoms with Gasteiger partial charge in [-0.15, -0.1) is 0 Å². The molecule has 1 unspecified atom stereocenters. The van der Waals surface area contributed by atoms with E-state index in [2.05, 4.69) is 5.32 Å². The summed E-state index contributed by atoms with van der Waals surface area (Å²) in [6.45, 7) is 2.36. The first-order valence-corrected chi connectivity index (χ1v) is 5.96. The topological polar surface area (TPSA) is 72.2 Å². The van der Waals surface area contributed by atoms with Crippen molar-refractivity contribution in [3.05, 3.63) is 24.3 Å². The summed E-state index contributed by atoms with van der Waals surface area (Å²) in [4.78, 5) is 11.7. The van der Waals surface area contributed by atoms with Crippen LogP contribution in [0.1, 0.15) is 6.92 Å². The van der Waals surface area contributed by atoms with Crippen LogP contribution in [0.5, 0.6) is 0 Å². The molecule has 0 radical (unpaired) electrons. The number of rotatable bonds is 4. The van der Waals surface area contributed by atoms with Crippen molar-refractivity contribution in [3.63, 3.8) is 0 Å². The van der Waals surface area contributed by atoms with E-state index in [1.165, 1.54) is 0 Å². The van der Waals surface area contributed by atoms with Gasteiger partial charge in [0, 0.05) is 12.2 Å². The zero-order chi connectivity index (χ0) is 11.3. The summed E-state index contributed by atoms with van der Waals surface area (Å²) in [7, 11) is -1.36. The number of hydrogen-bond acceptors (Lipinski definition) is 3. The summed E-state index contributed by atoms with van der Waals surface area (Å²) >= 11 is 0. The molecule has 0 bridgehead atoms. The Morgan fingerprint density at radius 3 is 2.73 bits per heavy atom. The molecule has 1 aromatic rings. The monoisotopic (exact) mass is 226 g/mol. The molecule has 0 saturated carbocycles. The minimum absolute atomic E-state index is 0.0396. The maximum atomic E-state index is 11.7. The van der Waals surface area contributed by atoms with Crippen LogP contribution in [0.3, 0.4) is 0 Å². The Bertz CT molecular complexity index is 379. The second kappa shape index (κ2) is 5.50. The quantitative estimate of drug-likeness (QED) is 0.735. The predicted molar refractivity (Wildman–Crippen MR) is 60.8 cm³/mol. The van der Waals surface area contributed by atoms with Crippen molar-refractivity contribution in [3.8, 4) is 0 Å². The molecule has 1 aromatic carbocycles. The van der Waals surface area contributed by atoms with E-state index >= 15 is 0 Å². The van der Waals surface area contributed by atoms with E-state index in [1.54, 1.807) is 24.3 Å². The van der Waals surface area contributed by atoms with E-state index in [0.29, 0.717) is 17.1 Å². The van der Waals surface area contributed by atoms with E-state index in [1.807, 2.05) is 6.92 Å². The number of nitrogens with two attached hydrogens (primary N) is 1. The Balaban J connectivity index is 2.70. The van der Waals surface area contributed by atoms with Crippen molar-refractivity contribution in [2.75, 3.05) is 18.0 Å². The fourth-order valence-electron chi connectivity index (χ4n) is 1.13. The lowest BCUT2D eigenvalue weighted by molar-refractivity contribution is -0.118. The van der Waals surface area contributed by atoms with Crippen molar-refractivity contribution in [1.29, 1.82) is 0 Å². The van der Waals surface area contributed by atoms with E-state index in [9.17, 15) is 9.00 Å². The fourth-order valence-corrected chi connectivity index (χ4v) is 2.19. The van der Waals surface area contributed by atoms with Crippen molar-refractivity contribution in [1.82, 2.24) is 5.32 Å². The molecule has 0 aliphatic heterocycles. The van der Waals surface area contributed by atoms with Gasteiger partial charge < -0.3 is 11.1 Å². The normalized spacial score (nSPS) is 12.1. The van der Waals surface area contributed by atoms with Crippen LogP contribution in [0.25, 0.3) is 0 Å². The smallest absolute Gasteiger partial charge is 0.232 e. The van der Waals surface area contributed by atoms with Crippen LogP contribution < -0.4 is 11.1 Å². The highest BCUT2D eigenvalue weighted by Gasteiger charge is 2.11. The van der Waals surface area contributed by atoms with Gasteiger partial charge in [0.2, 0.25) is 5.91 Å². The molecule has 1 rings (SSSR count). The third-order valence-corrected chi connectivity index (χ3v) is 3.19. The zero-order valence-electron chi connectivity index (χ0n) is 8.53. The molecular formula is C10H14N2O2S. The molecule has 1 amide bonds. The first kappa shape index (κ1) is 11.7. The molecule has 0 heterocycles. The average Bonchev–Trinajstić information content (AvgIpc) is 2.18. The molecule has 5 heteroatoms. The minimum Gasteiger partial charge on any atom is -0.398 e. The highest BCUT2D eigenvalue weighted by atomic mass is 32.2. The maximum absolute atomic E-state index is 11.7. The Labute approximate surface area is 91.3 Å². The largest absolute Gasteiger partial charge is 0.398 e. The summed E-state index contributed by atoms with van der Waals surface area (Å²) in [5.41, 5.74) is 6.10. The Hall–Kier alpha value is -1.36. The molecule has 3 N–H and O–H groups in total. The Kier molecular flexibility index (Phi) is 4.30. The number of carbonyl (C=O) groups is 1. The first-order chi connectivity index (χ1) is 7.15. The molecule has 82 valence electrons. The van der Waals surface area contributed by atoms with Gasteiger partial charge in [-0.3, -0.25) is 9.00 Å². The van der Waals surface area contributed by atoms with Gasteiger partial charge in [-0.2, -0.15) is 0 Å². The molecule has 0 saturated heterocycles.